The van der Waals surface area contributed by atoms with E-state index in [9.17, 15) is 0 Å². The average Bonchev–Trinajstić information content (AvgIpc) is 2.68. The Labute approximate surface area is 174 Å². The Kier molecular flexibility index (Phi) is 8.50. The molecule has 0 aliphatic heterocycles. The third kappa shape index (κ3) is 7.08. The predicted octanol–water partition coefficient (Wildman–Crippen LogP) is 5.73. The molecule has 0 saturated heterocycles. The summed E-state index contributed by atoms with van der Waals surface area (Å²) in [7, 11) is 0. The Bertz CT molecular complexity index is 780. The third-order valence-electron chi connectivity index (χ3n) is 4.30. The topological polar surface area (TPSA) is 65.6 Å². The molecule has 5 heteroatoms. The van der Waals surface area contributed by atoms with Crippen molar-refractivity contribution in [1.82, 2.24) is 0 Å². The highest BCUT2D eigenvalue weighted by atomic mass is 16.5. The second-order valence-electron chi connectivity index (χ2n) is 8.09. The lowest BCUT2D eigenvalue weighted by atomic mass is 10.0. The summed E-state index contributed by atoms with van der Waals surface area (Å²) >= 11 is 0. The molecule has 0 amide bonds. The number of nitrogens with zero attached hydrogens (tertiary/aromatic N) is 1. The molecule has 29 heavy (non-hydrogen) atoms. The molecular weight excluding hydrogens is 364 g/mol. The van der Waals surface area contributed by atoms with Crippen LogP contribution < -0.4 is 19.7 Å². The van der Waals surface area contributed by atoms with Gasteiger partial charge in [0.2, 0.25) is 0 Å². The summed E-state index contributed by atoms with van der Waals surface area (Å²) in [5.74, 6) is 2.27. The molecule has 5 nitrogen and oxygen atoms in total. The van der Waals surface area contributed by atoms with Crippen molar-refractivity contribution < 1.29 is 19.7 Å². The molecule has 0 unspecified atom stereocenters. The van der Waals surface area contributed by atoms with Gasteiger partial charge in [0.05, 0.1) is 13.2 Å². The number of hydrogen-bond donors (Lipinski definition) is 1. The van der Waals surface area contributed by atoms with Gasteiger partial charge in [-0.1, -0.05) is 38.8 Å². The molecule has 0 spiro atoms. The second kappa shape index (κ2) is 10.8. The highest BCUT2D eigenvalue weighted by Gasteiger charge is 2.16. The van der Waals surface area contributed by atoms with Crippen LogP contribution >= 0.6 is 0 Å². The van der Waals surface area contributed by atoms with Crippen LogP contribution in [0.15, 0.2) is 41.5 Å². The van der Waals surface area contributed by atoms with Crippen LogP contribution in [0.25, 0.3) is 11.1 Å². The second-order valence-corrected chi connectivity index (χ2v) is 8.09. The number of rotatable bonds is 11. The lowest BCUT2D eigenvalue weighted by molar-refractivity contribution is -0.210. The molecule has 2 aromatic rings. The van der Waals surface area contributed by atoms with Gasteiger partial charge in [0, 0.05) is 11.6 Å². The Morgan fingerprint density at radius 1 is 0.862 bits per heavy atom. The fourth-order valence-corrected chi connectivity index (χ4v) is 2.82. The van der Waals surface area contributed by atoms with Crippen molar-refractivity contribution in [2.75, 3.05) is 13.2 Å². The van der Waals surface area contributed by atoms with Gasteiger partial charge >= 0.3 is 0 Å². The van der Waals surface area contributed by atoms with Crippen LogP contribution in [0, 0.1) is 0 Å². The van der Waals surface area contributed by atoms with Gasteiger partial charge in [-0.15, -0.1) is 0 Å². The molecule has 0 bridgehead atoms. The van der Waals surface area contributed by atoms with E-state index in [1.165, 1.54) is 0 Å². The lowest BCUT2D eigenvalue weighted by Gasteiger charge is -2.21. The summed E-state index contributed by atoms with van der Waals surface area (Å²) < 4.78 is 18.0. The van der Waals surface area contributed by atoms with E-state index in [0.717, 1.165) is 48.3 Å². The normalized spacial score (nSPS) is 11.2. The fraction of sp³-hybridized carbons (Fsp3) is 0.500. The smallest absolute Gasteiger partial charge is 0.175 e. The SMILES string of the molecule is CCCCOc1cc(-c2ccc(OC(C)(C)C)cc2)c(OCCCC)cc1N=[NH2+]. The van der Waals surface area contributed by atoms with E-state index in [2.05, 4.69) is 19.0 Å². The first kappa shape index (κ1) is 22.7. The summed E-state index contributed by atoms with van der Waals surface area (Å²) in [5, 5.41) is 3.90. The van der Waals surface area contributed by atoms with Gasteiger partial charge in [0.25, 0.3) is 0 Å². The van der Waals surface area contributed by atoms with Crippen molar-refractivity contribution in [3.05, 3.63) is 36.4 Å². The maximum atomic E-state index is 6.06. The predicted molar refractivity (Wildman–Crippen MR) is 117 cm³/mol. The first-order valence-corrected chi connectivity index (χ1v) is 10.5. The molecule has 0 radical (unpaired) electrons. The van der Waals surface area contributed by atoms with E-state index in [1.807, 2.05) is 57.2 Å². The van der Waals surface area contributed by atoms with Gasteiger partial charge in [-0.25, -0.2) is 0 Å². The summed E-state index contributed by atoms with van der Waals surface area (Å²) in [5.41, 5.74) is 7.97. The molecule has 0 aromatic heterocycles. The molecule has 2 N–H and O–H groups in total. The van der Waals surface area contributed by atoms with Gasteiger partial charge in [-0.05, 0) is 62.5 Å². The first-order valence-electron chi connectivity index (χ1n) is 10.5. The van der Waals surface area contributed by atoms with Crippen molar-refractivity contribution >= 4 is 5.69 Å². The van der Waals surface area contributed by atoms with Crippen LogP contribution in [0.5, 0.6) is 17.2 Å². The van der Waals surface area contributed by atoms with Gasteiger partial charge in [-0.3, -0.25) is 0 Å². The Hall–Kier alpha value is -2.56. The maximum absolute atomic E-state index is 6.06. The molecular formula is C24H35N2O3+. The standard InChI is InChI=1S/C24H34N2O3/c1-6-8-14-27-22-17-21(26-25)23(28-15-9-7-2)16-20(22)18-10-12-19(13-11-18)29-24(3,4)5/h10-13,16-17,25H,6-9,14-15H2,1-5H3/p+1. The maximum Gasteiger partial charge on any atom is 0.175 e. The molecule has 2 rings (SSSR count). The summed E-state index contributed by atoms with van der Waals surface area (Å²) in [6.45, 7) is 11.7. The monoisotopic (exact) mass is 399 g/mol. The molecule has 0 fully saturated rings. The van der Waals surface area contributed by atoms with E-state index >= 15 is 0 Å². The molecule has 0 heterocycles. The van der Waals surface area contributed by atoms with Crippen LogP contribution in [0.2, 0.25) is 0 Å². The highest BCUT2D eigenvalue weighted by molar-refractivity contribution is 5.76. The van der Waals surface area contributed by atoms with E-state index in [1.54, 1.807) is 0 Å². The zero-order valence-electron chi connectivity index (χ0n) is 18.5. The third-order valence-corrected chi connectivity index (χ3v) is 4.30. The Morgan fingerprint density at radius 3 is 1.97 bits per heavy atom. The number of ether oxygens (including phenoxy) is 3. The largest absolute Gasteiger partial charge is 0.493 e. The van der Waals surface area contributed by atoms with Crippen LogP contribution in [-0.2, 0) is 0 Å². The summed E-state index contributed by atoms with van der Waals surface area (Å²) in [6, 6.07) is 11.9. The first-order chi connectivity index (χ1) is 13.9. The Balaban J connectivity index is 2.39. The van der Waals surface area contributed by atoms with E-state index in [-0.39, 0.29) is 5.60 Å². The van der Waals surface area contributed by atoms with E-state index < -0.39 is 0 Å². The number of benzene rings is 2. The molecule has 2 aromatic carbocycles. The van der Waals surface area contributed by atoms with Crippen LogP contribution in [0.4, 0.5) is 5.69 Å². The highest BCUT2D eigenvalue weighted by Crippen LogP contribution is 2.40. The summed E-state index contributed by atoms with van der Waals surface area (Å²) in [4.78, 5) is 0. The Morgan fingerprint density at radius 2 is 1.45 bits per heavy atom. The van der Waals surface area contributed by atoms with Crippen molar-refractivity contribution in [3.8, 4) is 28.4 Å². The van der Waals surface area contributed by atoms with Crippen LogP contribution in [0.1, 0.15) is 60.3 Å². The van der Waals surface area contributed by atoms with Crippen LogP contribution in [0.3, 0.4) is 0 Å². The van der Waals surface area contributed by atoms with Crippen molar-refractivity contribution in [2.24, 2.45) is 5.11 Å². The van der Waals surface area contributed by atoms with Crippen molar-refractivity contribution in [1.29, 1.82) is 0 Å². The number of unbranched alkanes of at least 4 members (excludes halogenated alkanes) is 2. The molecule has 0 atom stereocenters. The van der Waals surface area contributed by atoms with E-state index in [0.29, 0.717) is 24.7 Å². The van der Waals surface area contributed by atoms with Gasteiger partial charge in [-0.2, -0.15) is 5.53 Å². The van der Waals surface area contributed by atoms with Crippen LogP contribution in [-0.4, -0.2) is 18.8 Å². The molecule has 158 valence electrons. The zero-order valence-corrected chi connectivity index (χ0v) is 18.5. The van der Waals surface area contributed by atoms with Gasteiger partial charge in [0.15, 0.2) is 11.4 Å². The summed E-state index contributed by atoms with van der Waals surface area (Å²) in [6.07, 6.45) is 4.10. The quantitative estimate of drug-likeness (QED) is 0.387. The fourth-order valence-electron chi connectivity index (χ4n) is 2.82. The lowest BCUT2D eigenvalue weighted by Crippen LogP contribution is -2.22. The number of hydrogen-bond acceptors (Lipinski definition) is 4. The zero-order chi connectivity index (χ0) is 21.3. The van der Waals surface area contributed by atoms with Crippen molar-refractivity contribution in [2.45, 2.75) is 65.9 Å². The van der Waals surface area contributed by atoms with E-state index in [4.69, 9.17) is 19.7 Å². The van der Waals surface area contributed by atoms with Gasteiger partial charge in [0.1, 0.15) is 17.1 Å². The number of nitrogens with two attached hydrogens (primary N) is 1. The minimum absolute atomic E-state index is 0.236. The minimum Gasteiger partial charge on any atom is -0.493 e. The average molecular weight is 400 g/mol. The van der Waals surface area contributed by atoms with Gasteiger partial charge < -0.3 is 14.2 Å². The molecule has 0 aliphatic rings. The minimum atomic E-state index is -0.236. The molecule has 0 saturated carbocycles. The van der Waals surface area contributed by atoms with Crippen molar-refractivity contribution in [3.63, 3.8) is 0 Å². The molecule has 0 aliphatic carbocycles.